The number of rotatable bonds is 3. The number of nitrogens with one attached hydrogen (secondary N) is 1. The molecule has 0 radical (unpaired) electrons. The second-order valence-electron chi connectivity index (χ2n) is 4.48. The van der Waals surface area contributed by atoms with Crippen LogP contribution in [-0.2, 0) is 4.79 Å². The van der Waals surface area contributed by atoms with E-state index in [4.69, 9.17) is 0 Å². The van der Waals surface area contributed by atoms with E-state index in [1.807, 2.05) is 13.8 Å². The Labute approximate surface area is 115 Å². The highest BCUT2D eigenvalue weighted by atomic mass is 32.2. The minimum absolute atomic E-state index is 0.0310. The zero-order valence-corrected chi connectivity index (χ0v) is 11.5. The Morgan fingerprint density at radius 3 is 2.79 bits per heavy atom. The predicted octanol–water partition coefficient (Wildman–Crippen LogP) is 1.97. The highest BCUT2D eigenvalue weighted by Gasteiger charge is 2.32. The highest BCUT2D eigenvalue weighted by molar-refractivity contribution is 8.15. The normalized spacial score (nSPS) is 21.5. The Balaban J connectivity index is 2.05. The third-order valence-electron chi connectivity index (χ3n) is 2.61. The summed E-state index contributed by atoms with van der Waals surface area (Å²) in [6.45, 7) is 3.98. The Bertz CT molecular complexity index is 540. The van der Waals surface area contributed by atoms with Crippen molar-refractivity contribution in [3.8, 4) is 5.75 Å². The summed E-state index contributed by atoms with van der Waals surface area (Å²) < 4.78 is 0. The van der Waals surface area contributed by atoms with Crippen LogP contribution in [-0.4, -0.2) is 27.6 Å². The van der Waals surface area contributed by atoms with E-state index in [0.29, 0.717) is 10.7 Å². The van der Waals surface area contributed by atoms with Crippen molar-refractivity contribution >= 4 is 29.1 Å². The summed E-state index contributed by atoms with van der Waals surface area (Å²) >= 11 is 1.38. The number of nitrogens with zero attached hydrogens (tertiary/aromatic N) is 2. The van der Waals surface area contributed by atoms with Gasteiger partial charge in [-0.1, -0.05) is 37.7 Å². The van der Waals surface area contributed by atoms with Crippen molar-refractivity contribution in [2.45, 2.75) is 19.1 Å². The molecule has 19 heavy (non-hydrogen) atoms. The van der Waals surface area contributed by atoms with Crippen LogP contribution in [0.5, 0.6) is 5.75 Å². The smallest absolute Gasteiger partial charge is 0.239 e. The lowest BCUT2D eigenvalue weighted by molar-refractivity contribution is -0.119. The van der Waals surface area contributed by atoms with Gasteiger partial charge >= 0.3 is 0 Å². The third-order valence-corrected chi connectivity index (χ3v) is 4.03. The quantitative estimate of drug-likeness (QED) is 0.655. The first kappa shape index (κ1) is 13.6. The van der Waals surface area contributed by atoms with Gasteiger partial charge in [-0.05, 0) is 18.1 Å². The molecule has 2 N–H and O–H groups in total. The van der Waals surface area contributed by atoms with Crippen molar-refractivity contribution in [3.63, 3.8) is 0 Å². The molecule has 1 aromatic rings. The van der Waals surface area contributed by atoms with Gasteiger partial charge in [0.05, 0.1) is 11.5 Å². The fourth-order valence-corrected chi connectivity index (χ4v) is 2.54. The summed E-state index contributed by atoms with van der Waals surface area (Å²) in [6, 6.07) is 6.85. The summed E-state index contributed by atoms with van der Waals surface area (Å²) in [7, 11) is 0. The molecule has 5 nitrogen and oxygen atoms in total. The SMILES string of the molecule is CC(C)C1SC(=NN=Cc2ccccc2O)NC1=O. The van der Waals surface area contributed by atoms with Crippen molar-refractivity contribution in [3.05, 3.63) is 29.8 Å². The van der Waals surface area contributed by atoms with Gasteiger partial charge < -0.3 is 10.4 Å². The lowest BCUT2D eigenvalue weighted by Gasteiger charge is -2.07. The molecule has 6 heteroatoms. The molecule has 1 aliphatic rings. The highest BCUT2D eigenvalue weighted by Crippen LogP contribution is 2.25. The van der Waals surface area contributed by atoms with Crippen LogP contribution < -0.4 is 5.32 Å². The third kappa shape index (κ3) is 3.35. The van der Waals surface area contributed by atoms with Gasteiger partial charge in [0.1, 0.15) is 5.75 Å². The number of aromatic hydroxyl groups is 1. The van der Waals surface area contributed by atoms with Crippen LogP contribution in [0.4, 0.5) is 0 Å². The summed E-state index contributed by atoms with van der Waals surface area (Å²) in [5.74, 6) is 0.367. The zero-order valence-electron chi connectivity index (χ0n) is 10.7. The topological polar surface area (TPSA) is 74.1 Å². The summed E-state index contributed by atoms with van der Waals surface area (Å²) in [5, 5.41) is 20.4. The summed E-state index contributed by atoms with van der Waals surface area (Å²) in [4.78, 5) is 11.6. The van der Waals surface area contributed by atoms with Crippen LogP contribution in [0.3, 0.4) is 0 Å². The number of thioether (sulfide) groups is 1. The van der Waals surface area contributed by atoms with E-state index in [0.717, 1.165) is 0 Å². The summed E-state index contributed by atoms with van der Waals surface area (Å²) in [5.41, 5.74) is 0.585. The number of para-hydroxylation sites is 1. The van der Waals surface area contributed by atoms with E-state index in [-0.39, 0.29) is 22.8 Å². The molecule has 0 aliphatic carbocycles. The van der Waals surface area contributed by atoms with Crippen molar-refractivity contribution in [2.24, 2.45) is 16.1 Å². The first-order chi connectivity index (χ1) is 9.08. The van der Waals surface area contributed by atoms with E-state index >= 15 is 0 Å². The first-order valence-corrected chi connectivity index (χ1v) is 6.82. The standard InChI is InChI=1S/C13H15N3O2S/c1-8(2)11-12(18)15-13(19-11)16-14-7-9-5-3-4-6-10(9)17/h3-8,11,17H,1-2H3,(H,15,16,18). The van der Waals surface area contributed by atoms with Crippen molar-refractivity contribution in [1.82, 2.24) is 5.32 Å². The molecule has 100 valence electrons. The van der Waals surface area contributed by atoms with Gasteiger partial charge in [-0.25, -0.2) is 0 Å². The number of phenolic OH excluding ortho intramolecular Hbond substituents is 1. The van der Waals surface area contributed by atoms with Gasteiger partial charge in [-0.2, -0.15) is 5.10 Å². The largest absolute Gasteiger partial charge is 0.507 e. The molecular weight excluding hydrogens is 262 g/mol. The maximum absolute atomic E-state index is 11.6. The number of carbonyl (C=O) groups excluding carboxylic acids is 1. The predicted molar refractivity (Wildman–Crippen MR) is 77.5 cm³/mol. The van der Waals surface area contributed by atoms with Crippen LogP contribution in [0.15, 0.2) is 34.5 Å². The Morgan fingerprint density at radius 1 is 1.42 bits per heavy atom. The van der Waals surface area contributed by atoms with Gasteiger partial charge in [0.25, 0.3) is 0 Å². The number of hydrogen-bond donors (Lipinski definition) is 2. The second-order valence-corrected chi connectivity index (χ2v) is 5.61. The number of carbonyl (C=O) groups is 1. The number of phenols is 1. The van der Waals surface area contributed by atoms with Crippen LogP contribution in [0.1, 0.15) is 19.4 Å². The average molecular weight is 277 g/mol. The molecule has 1 unspecified atom stereocenters. The van der Waals surface area contributed by atoms with Crippen molar-refractivity contribution in [2.75, 3.05) is 0 Å². The van der Waals surface area contributed by atoms with Crippen LogP contribution >= 0.6 is 11.8 Å². The molecule has 0 aromatic heterocycles. The molecular formula is C13H15N3O2S. The average Bonchev–Trinajstić information content (AvgIpc) is 2.73. The number of hydrogen-bond acceptors (Lipinski definition) is 5. The van der Waals surface area contributed by atoms with E-state index in [1.54, 1.807) is 24.3 Å². The maximum atomic E-state index is 11.6. The van der Waals surface area contributed by atoms with Gasteiger partial charge in [0.2, 0.25) is 5.91 Å². The molecule has 1 aliphatic heterocycles. The maximum Gasteiger partial charge on any atom is 0.239 e. The van der Waals surface area contributed by atoms with Crippen molar-refractivity contribution < 1.29 is 9.90 Å². The molecule has 2 rings (SSSR count). The molecule has 1 amide bonds. The number of benzene rings is 1. The number of amides is 1. The second kappa shape index (κ2) is 5.88. The lowest BCUT2D eigenvalue weighted by atomic mass is 10.1. The van der Waals surface area contributed by atoms with Crippen molar-refractivity contribution in [1.29, 1.82) is 0 Å². The molecule has 1 fully saturated rings. The van der Waals surface area contributed by atoms with Gasteiger partial charge in [0.15, 0.2) is 5.17 Å². The number of amidine groups is 1. The van der Waals surface area contributed by atoms with Gasteiger partial charge in [0, 0.05) is 5.56 Å². The van der Waals surface area contributed by atoms with E-state index < -0.39 is 0 Å². The summed E-state index contributed by atoms with van der Waals surface area (Å²) in [6.07, 6.45) is 1.46. The van der Waals surface area contributed by atoms with E-state index in [2.05, 4.69) is 15.5 Å². The molecule has 1 aromatic carbocycles. The van der Waals surface area contributed by atoms with E-state index in [9.17, 15) is 9.90 Å². The fraction of sp³-hybridized carbons (Fsp3) is 0.308. The molecule has 1 atom stereocenters. The minimum Gasteiger partial charge on any atom is -0.507 e. The molecule has 0 bridgehead atoms. The van der Waals surface area contributed by atoms with E-state index in [1.165, 1.54) is 18.0 Å². The lowest BCUT2D eigenvalue weighted by Crippen LogP contribution is -2.27. The van der Waals surface area contributed by atoms with Gasteiger partial charge in [-0.3, -0.25) is 4.79 Å². The fourth-order valence-electron chi connectivity index (χ4n) is 1.61. The Morgan fingerprint density at radius 2 is 2.16 bits per heavy atom. The Hall–Kier alpha value is -1.82. The zero-order chi connectivity index (χ0) is 13.8. The molecule has 0 saturated carbocycles. The molecule has 1 heterocycles. The first-order valence-electron chi connectivity index (χ1n) is 5.94. The van der Waals surface area contributed by atoms with Gasteiger partial charge in [-0.15, -0.1) is 5.10 Å². The molecule has 1 saturated heterocycles. The van der Waals surface area contributed by atoms with Crippen LogP contribution in [0, 0.1) is 5.92 Å². The monoisotopic (exact) mass is 277 g/mol. The van der Waals surface area contributed by atoms with Crippen LogP contribution in [0.25, 0.3) is 0 Å². The molecule has 0 spiro atoms. The minimum atomic E-state index is -0.112. The van der Waals surface area contributed by atoms with Crippen LogP contribution in [0.2, 0.25) is 0 Å². The Kier molecular flexibility index (Phi) is 4.21.